The molecule has 0 amide bonds. The van der Waals surface area contributed by atoms with Gasteiger partial charge in [-0.15, -0.1) is 0 Å². The first-order valence-corrected chi connectivity index (χ1v) is 8.27. The molecule has 0 bridgehead atoms. The molecule has 0 radical (unpaired) electrons. The molecule has 1 fully saturated rings. The van der Waals surface area contributed by atoms with E-state index in [0.717, 1.165) is 37.9 Å². The fourth-order valence-corrected chi connectivity index (χ4v) is 3.83. The van der Waals surface area contributed by atoms with Crippen molar-refractivity contribution in [1.29, 1.82) is 0 Å². The van der Waals surface area contributed by atoms with E-state index in [2.05, 4.69) is 17.0 Å². The number of piperidine rings is 1. The topological polar surface area (TPSA) is 58.2 Å². The summed E-state index contributed by atoms with van der Waals surface area (Å²) in [6, 6.07) is 7.12. The summed E-state index contributed by atoms with van der Waals surface area (Å²) in [4.78, 5) is 0.351. The van der Waals surface area contributed by atoms with Gasteiger partial charge in [-0.2, -0.15) is 0 Å². The summed E-state index contributed by atoms with van der Waals surface area (Å²) in [6.07, 6.45) is 2.55. The zero-order chi connectivity index (χ0) is 13.9. The second kappa shape index (κ2) is 5.61. The molecule has 0 aromatic heterocycles. The lowest BCUT2D eigenvalue weighted by Crippen LogP contribution is -2.52. The van der Waals surface area contributed by atoms with E-state index in [1.165, 1.54) is 0 Å². The number of nitrogens with one attached hydrogen (secondary N) is 2. The number of aryl methyl sites for hydroxylation is 1. The van der Waals surface area contributed by atoms with E-state index in [9.17, 15) is 8.42 Å². The second-order valence-corrected chi connectivity index (χ2v) is 7.10. The van der Waals surface area contributed by atoms with Crippen LogP contribution in [0.2, 0.25) is 0 Å². The van der Waals surface area contributed by atoms with Crippen LogP contribution >= 0.6 is 0 Å². The lowest BCUT2D eigenvalue weighted by molar-refractivity contribution is 0.308. The van der Waals surface area contributed by atoms with Crippen molar-refractivity contribution in [2.45, 2.75) is 43.5 Å². The van der Waals surface area contributed by atoms with Crippen molar-refractivity contribution < 1.29 is 8.42 Å². The Bertz CT molecular complexity index is 517. The van der Waals surface area contributed by atoms with Crippen LogP contribution in [0, 0.1) is 0 Å². The van der Waals surface area contributed by atoms with Gasteiger partial charge in [-0.25, -0.2) is 13.1 Å². The van der Waals surface area contributed by atoms with E-state index in [-0.39, 0.29) is 5.54 Å². The molecule has 0 spiro atoms. The Balaban J connectivity index is 2.17. The first kappa shape index (κ1) is 14.5. The van der Waals surface area contributed by atoms with Crippen LogP contribution in [0.25, 0.3) is 0 Å². The van der Waals surface area contributed by atoms with Gasteiger partial charge in [-0.1, -0.05) is 19.1 Å². The Labute approximate surface area is 115 Å². The monoisotopic (exact) mass is 282 g/mol. The van der Waals surface area contributed by atoms with Gasteiger partial charge < -0.3 is 5.32 Å². The molecule has 1 aliphatic heterocycles. The highest BCUT2D eigenvalue weighted by atomic mass is 32.2. The molecule has 0 aliphatic carbocycles. The predicted octanol–water partition coefficient (Wildman–Crippen LogP) is 1.67. The maximum absolute atomic E-state index is 12.4. The zero-order valence-electron chi connectivity index (χ0n) is 11.6. The van der Waals surface area contributed by atoms with Crippen LogP contribution < -0.4 is 10.0 Å². The third kappa shape index (κ3) is 3.55. The number of sulfonamides is 1. The largest absolute Gasteiger partial charge is 0.317 e. The summed E-state index contributed by atoms with van der Waals surface area (Å²) >= 11 is 0. The molecular formula is C14H22N2O2S. The number of rotatable bonds is 4. The van der Waals surface area contributed by atoms with Crippen LogP contribution in [0.15, 0.2) is 29.2 Å². The summed E-state index contributed by atoms with van der Waals surface area (Å²) < 4.78 is 27.6. The minimum Gasteiger partial charge on any atom is -0.317 e. The minimum atomic E-state index is -3.42. The van der Waals surface area contributed by atoms with Crippen LogP contribution in [-0.2, 0) is 16.4 Å². The van der Waals surface area contributed by atoms with Gasteiger partial charge in [0.05, 0.1) is 4.90 Å². The maximum Gasteiger partial charge on any atom is 0.241 e. The quantitative estimate of drug-likeness (QED) is 0.883. The average molecular weight is 282 g/mol. The molecule has 5 heteroatoms. The number of hydrogen-bond donors (Lipinski definition) is 2. The predicted molar refractivity (Wildman–Crippen MR) is 76.7 cm³/mol. The van der Waals surface area contributed by atoms with Gasteiger partial charge in [0.15, 0.2) is 0 Å². The highest BCUT2D eigenvalue weighted by Gasteiger charge is 2.31. The van der Waals surface area contributed by atoms with Crippen molar-refractivity contribution in [2.75, 3.05) is 13.1 Å². The van der Waals surface area contributed by atoms with Crippen LogP contribution in [0.4, 0.5) is 0 Å². The van der Waals surface area contributed by atoms with E-state index in [1.807, 2.05) is 19.1 Å². The molecule has 0 unspecified atom stereocenters. The maximum atomic E-state index is 12.4. The van der Waals surface area contributed by atoms with Crippen LogP contribution in [-0.4, -0.2) is 27.0 Å². The van der Waals surface area contributed by atoms with E-state index in [0.29, 0.717) is 4.90 Å². The fourth-order valence-electron chi connectivity index (χ4n) is 2.37. The molecule has 1 aromatic carbocycles. The molecule has 1 heterocycles. The molecule has 4 nitrogen and oxygen atoms in total. The molecule has 1 saturated heterocycles. The van der Waals surface area contributed by atoms with Gasteiger partial charge in [0.1, 0.15) is 0 Å². The lowest BCUT2D eigenvalue weighted by atomic mass is 9.92. The molecular weight excluding hydrogens is 260 g/mol. The molecule has 2 N–H and O–H groups in total. The fraction of sp³-hybridized carbons (Fsp3) is 0.571. The molecule has 1 aromatic rings. The van der Waals surface area contributed by atoms with Crippen LogP contribution in [0.5, 0.6) is 0 Å². The summed E-state index contributed by atoms with van der Waals surface area (Å²) in [5.41, 5.74) is 0.806. The Morgan fingerprint density at radius 3 is 2.32 bits per heavy atom. The van der Waals surface area contributed by atoms with Gasteiger partial charge in [-0.3, -0.25) is 0 Å². The molecule has 0 saturated carbocycles. The smallest absolute Gasteiger partial charge is 0.241 e. The Hall–Kier alpha value is -0.910. The third-order valence-corrected chi connectivity index (χ3v) is 5.38. The van der Waals surface area contributed by atoms with Gasteiger partial charge in [-0.05, 0) is 57.0 Å². The van der Waals surface area contributed by atoms with E-state index >= 15 is 0 Å². The van der Waals surface area contributed by atoms with Crippen molar-refractivity contribution in [1.82, 2.24) is 10.0 Å². The third-order valence-electron chi connectivity index (χ3n) is 3.73. The van der Waals surface area contributed by atoms with Crippen molar-refractivity contribution in [3.63, 3.8) is 0 Å². The van der Waals surface area contributed by atoms with Crippen molar-refractivity contribution >= 4 is 10.0 Å². The lowest BCUT2D eigenvalue weighted by Gasteiger charge is -2.34. The van der Waals surface area contributed by atoms with Crippen LogP contribution in [0.1, 0.15) is 32.3 Å². The standard InChI is InChI=1S/C14H22N2O2S/c1-3-12-4-6-13(7-5-12)19(17,18)16-14(2)8-10-15-11-9-14/h4-7,15-16H,3,8-11H2,1-2H3. The normalized spacial score (nSPS) is 19.3. The van der Waals surface area contributed by atoms with E-state index in [4.69, 9.17) is 0 Å². The van der Waals surface area contributed by atoms with Gasteiger partial charge in [0.2, 0.25) is 10.0 Å². The van der Waals surface area contributed by atoms with Gasteiger partial charge in [0, 0.05) is 5.54 Å². The molecule has 19 heavy (non-hydrogen) atoms. The van der Waals surface area contributed by atoms with Crippen molar-refractivity contribution in [3.05, 3.63) is 29.8 Å². The van der Waals surface area contributed by atoms with Gasteiger partial charge in [0.25, 0.3) is 0 Å². The van der Waals surface area contributed by atoms with E-state index in [1.54, 1.807) is 12.1 Å². The Morgan fingerprint density at radius 2 is 1.79 bits per heavy atom. The Morgan fingerprint density at radius 1 is 1.21 bits per heavy atom. The summed E-state index contributed by atoms with van der Waals surface area (Å²) in [6.45, 7) is 5.74. The van der Waals surface area contributed by atoms with Crippen LogP contribution in [0.3, 0.4) is 0 Å². The SMILES string of the molecule is CCc1ccc(S(=O)(=O)NC2(C)CCNCC2)cc1. The molecule has 1 aliphatic rings. The number of hydrogen-bond acceptors (Lipinski definition) is 3. The first-order valence-electron chi connectivity index (χ1n) is 6.79. The van der Waals surface area contributed by atoms with Crippen molar-refractivity contribution in [3.8, 4) is 0 Å². The van der Waals surface area contributed by atoms with Crippen molar-refractivity contribution in [2.24, 2.45) is 0 Å². The average Bonchev–Trinajstić information content (AvgIpc) is 2.38. The second-order valence-electron chi connectivity index (χ2n) is 5.41. The summed E-state index contributed by atoms with van der Waals surface area (Å²) in [5, 5.41) is 3.25. The molecule has 106 valence electrons. The highest BCUT2D eigenvalue weighted by Crippen LogP contribution is 2.21. The summed E-state index contributed by atoms with van der Waals surface area (Å²) in [7, 11) is -3.42. The minimum absolute atomic E-state index is 0.340. The molecule has 0 atom stereocenters. The van der Waals surface area contributed by atoms with Gasteiger partial charge >= 0.3 is 0 Å². The zero-order valence-corrected chi connectivity index (χ0v) is 12.4. The molecule has 2 rings (SSSR count). The highest BCUT2D eigenvalue weighted by molar-refractivity contribution is 7.89. The summed E-state index contributed by atoms with van der Waals surface area (Å²) in [5.74, 6) is 0. The Kier molecular flexibility index (Phi) is 4.28. The number of benzene rings is 1. The first-order chi connectivity index (χ1) is 8.95. The van der Waals surface area contributed by atoms with E-state index < -0.39 is 10.0 Å².